The second-order valence-electron chi connectivity index (χ2n) is 4.79. The molecule has 0 saturated heterocycles. The molecule has 1 N–H and O–H groups in total. The van der Waals surface area contributed by atoms with Crippen LogP contribution in [0.5, 0.6) is 5.75 Å². The van der Waals surface area contributed by atoms with Gasteiger partial charge in [-0.15, -0.1) is 11.3 Å². The fraction of sp³-hybridized carbons (Fsp3) is 0.333. The van der Waals surface area contributed by atoms with E-state index in [2.05, 4.69) is 30.0 Å². The molecule has 1 atom stereocenters. The highest BCUT2D eigenvalue weighted by Gasteiger charge is 2.17. The number of hydrogen-bond acceptors (Lipinski definition) is 3. The van der Waals surface area contributed by atoms with Crippen LogP contribution in [0.3, 0.4) is 0 Å². The second kappa shape index (κ2) is 6.70. The summed E-state index contributed by atoms with van der Waals surface area (Å²) in [5.41, 5.74) is 0.773. The van der Waals surface area contributed by atoms with Crippen LogP contribution in [0, 0.1) is 5.92 Å². The molecule has 0 bridgehead atoms. The minimum absolute atomic E-state index is 0.150. The first-order valence-corrected chi connectivity index (χ1v) is 7.29. The van der Waals surface area contributed by atoms with E-state index in [9.17, 15) is 8.78 Å². The van der Waals surface area contributed by atoms with Gasteiger partial charge >= 0.3 is 6.61 Å². The van der Waals surface area contributed by atoms with Crippen LogP contribution in [0.15, 0.2) is 41.8 Å². The molecule has 20 heavy (non-hydrogen) atoms. The Balaban J connectivity index is 2.15. The van der Waals surface area contributed by atoms with Crippen molar-refractivity contribution in [3.05, 3.63) is 46.7 Å². The molecule has 0 spiro atoms. The Bertz CT molecular complexity index is 528. The van der Waals surface area contributed by atoms with Crippen molar-refractivity contribution in [3.63, 3.8) is 0 Å². The molecule has 0 radical (unpaired) electrons. The Morgan fingerprint density at radius 3 is 2.55 bits per heavy atom. The Hall–Kier alpha value is -1.62. The minimum atomic E-state index is -2.80. The summed E-state index contributed by atoms with van der Waals surface area (Å²) in [5.74, 6) is 0.548. The monoisotopic (exact) mass is 297 g/mol. The quantitative estimate of drug-likeness (QED) is 0.795. The molecule has 5 heteroatoms. The summed E-state index contributed by atoms with van der Waals surface area (Å²) < 4.78 is 28.9. The molecular weight excluding hydrogens is 280 g/mol. The number of thiophene rings is 1. The molecule has 108 valence electrons. The lowest BCUT2D eigenvalue weighted by Crippen LogP contribution is -2.15. The van der Waals surface area contributed by atoms with Gasteiger partial charge in [-0.1, -0.05) is 26.0 Å². The van der Waals surface area contributed by atoms with Gasteiger partial charge in [0.1, 0.15) is 5.75 Å². The van der Waals surface area contributed by atoms with Crippen molar-refractivity contribution in [2.24, 2.45) is 5.92 Å². The Morgan fingerprint density at radius 2 is 1.95 bits per heavy atom. The Kier molecular flexibility index (Phi) is 4.95. The topological polar surface area (TPSA) is 21.3 Å². The van der Waals surface area contributed by atoms with Crippen LogP contribution in [-0.4, -0.2) is 6.61 Å². The van der Waals surface area contributed by atoms with E-state index in [1.807, 2.05) is 17.5 Å². The first-order valence-electron chi connectivity index (χ1n) is 6.41. The van der Waals surface area contributed by atoms with Crippen LogP contribution in [-0.2, 0) is 0 Å². The molecule has 0 aliphatic rings. The summed E-state index contributed by atoms with van der Waals surface area (Å²) in [6.45, 7) is 1.44. The van der Waals surface area contributed by atoms with Crippen molar-refractivity contribution < 1.29 is 13.5 Å². The van der Waals surface area contributed by atoms with Gasteiger partial charge in [-0.25, -0.2) is 0 Å². The maximum absolute atomic E-state index is 12.2. The fourth-order valence-electron chi connectivity index (χ4n) is 1.98. The highest BCUT2D eigenvalue weighted by Crippen LogP contribution is 2.30. The normalized spacial score (nSPS) is 12.7. The van der Waals surface area contributed by atoms with E-state index in [1.165, 1.54) is 10.9 Å². The first kappa shape index (κ1) is 14.8. The molecule has 2 nitrogen and oxygen atoms in total. The van der Waals surface area contributed by atoms with Gasteiger partial charge in [0.15, 0.2) is 0 Å². The van der Waals surface area contributed by atoms with Crippen LogP contribution >= 0.6 is 11.3 Å². The maximum atomic E-state index is 12.2. The van der Waals surface area contributed by atoms with Crippen LogP contribution in [0.2, 0.25) is 0 Å². The third-order valence-corrected chi connectivity index (χ3v) is 3.85. The smallest absolute Gasteiger partial charge is 0.387 e. The summed E-state index contributed by atoms with van der Waals surface area (Å²) >= 11 is 1.68. The molecule has 1 aromatic carbocycles. The number of nitrogens with one attached hydrogen (secondary N) is 1. The molecule has 0 amide bonds. The van der Waals surface area contributed by atoms with Crippen molar-refractivity contribution in [3.8, 4) is 5.75 Å². The lowest BCUT2D eigenvalue weighted by molar-refractivity contribution is -0.0498. The molecule has 1 heterocycles. The molecule has 0 aliphatic heterocycles. The van der Waals surface area contributed by atoms with Gasteiger partial charge in [-0.3, -0.25) is 0 Å². The summed E-state index contributed by atoms with van der Waals surface area (Å²) in [5, 5.41) is 5.41. The van der Waals surface area contributed by atoms with Crippen LogP contribution in [0.25, 0.3) is 0 Å². The second-order valence-corrected chi connectivity index (χ2v) is 5.77. The van der Waals surface area contributed by atoms with Crippen LogP contribution < -0.4 is 10.1 Å². The molecular formula is C15H17F2NOS. The van der Waals surface area contributed by atoms with Crippen LogP contribution in [0.1, 0.15) is 24.8 Å². The summed E-state index contributed by atoms with van der Waals surface area (Å²) in [6, 6.07) is 10.9. The average Bonchev–Trinajstić information content (AvgIpc) is 2.88. The standard InChI is InChI=1S/C15H17F2NOS/c1-10(2)14(13-7-4-8-20-13)18-11-5-3-6-12(9-11)19-15(16)17/h3-10,14-15,18H,1-2H3. The molecule has 0 saturated carbocycles. The summed E-state index contributed by atoms with van der Waals surface area (Å²) in [6.07, 6.45) is 0. The van der Waals surface area contributed by atoms with E-state index in [4.69, 9.17) is 0 Å². The summed E-state index contributed by atoms with van der Waals surface area (Å²) in [7, 11) is 0. The van der Waals surface area contributed by atoms with Gasteiger partial charge in [0.05, 0.1) is 6.04 Å². The number of anilines is 1. The van der Waals surface area contributed by atoms with E-state index in [0.717, 1.165) is 5.69 Å². The molecule has 2 rings (SSSR count). The van der Waals surface area contributed by atoms with Gasteiger partial charge in [0.2, 0.25) is 0 Å². The van der Waals surface area contributed by atoms with Crippen molar-refractivity contribution in [2.45, 2.75) is 26.5 Å². The van der Waals surface area contributed by atoms with Crippen molar-refractivity contribution in [1.82, 2.24) is 0 Å². The largest absolute Gasteiger partial charge is 0.435 e. The average molecular weight is 297 g/mol. The number of rotatable bonds is 6. The Morgan fingerprint density at radius 1 is 1.15 bits per heavy atom. The van der Waals surface area contributed by atoms with Gasteiger partial charge in [-0.05, 0) is 29.5 Å². The van der Waals surface area contributed by atoms with Crippen molar-refractivity contribution >= 4 is 17.0 Å². The van der Waals surface area contributed by atoms with Gasteiger partial charge in [0, 0.05) is 16.6 Å². The van der Waals surface area contributed by atoms with Crippen molar-refractivity contribution in [1.29, 1.82) is 0 Å². The van der Waals surface area contributed by atoms with Crippen molar-refractivity contribution in [2.75, 3.05) is 5.32 Å². The lowest BCUT2D eigenvalue weighted by Gasteiger charge is -2.22. The zero-order valence-corrected chi connectivity index (χ0v) is 12.2. The summed E-state index contributed by atoms with van der Waals surface area (Å²) in [4.78, 5) is 1.22. The van der Waals surface area contributed by atoms with E-state index < -0.39 is 6.61 Å². The molecule has 0 fully saturated rings. The first-order chi connectivity index (χ1) is 9.56. The molecule has 1 unspecified atom stereocenters. The number of benzene rings is 1. The predicted molar refractivity (Wildman–Crippen MR) is 78.6 cm³/mol. The van der Waals surface area contributed by atoms with Gasteiger partial charge in [0.25, 0.3) is 0 Å². The molecule has 2 aromatic rings. The van der Waals surface area contributed by atoms with Crippen LogP contribution in [0.4, 0.5) is 14.5 Å². The SMILES string of the molecule is CC(C)C(Nc1cccc(OC(F)F)c1)c1cccs1. The minimum Gasteiger partial charge on any atom is -0.435 e. The molecule has 0 aliphatic carbocycles. The third kappa shape index (κ3) is 3.93. The molecule has 1 aromatic heterocycles. The van der Waals surface area contributed by atoms with E-state index in [-0.39, 0.29) is 11.8 Å². The number of hydrogen-bond donors (Lipinski definition) is 1. The number of alkyl halides is 2. The fourth-order valence-corrected chi connectivity index (χ4v) is 2.93. The Labute approximate surface area is 121 Å². The third-order valence-electron chi connectivity index (χ3n) is 2.90. The maximum Gasteiger partial charge on any atom is 0.387 e. The van der Waals surface area contributed by atoms with Gasteiger partial charge in [-0.2, -0.15) is 8.78 Å². The van der Waals surface area contributed by atoms with E-state index >= 15 is 0 Å². The van der Waals surface area contributed by atoms with Gasteiger partial charge < -0.3 is 10.1 Å². The van der Waals surface area contributed by atoms with E-state index in [0.29, 0.717) is 5.92 Å². The highest BCUT2D eigenvalue weighted by molar-refractivity contribution is 7.10. The zero-order valence-electron chi connectivity index (χ0n) is 11.3. The zero-order chi connectivity index (χ0) is 14.5. The van der Waals surface area contributed by atoms with E-state index in [1.54, 1.807) is 23.5 Å². The number of halogens is 2. The number of ether oxygens (including phenoxy) is 1. The lowest BCUT2D eigenvalue weighted by atomic mass is 10.0. The predicted octanol–water partition coefficient (Wildman–Crippen LogP) is 5.16. The highest BCUT2D eigenvalue weighted by atomic mass is 32.1.